The highest BCUT2D eigenvalue weighted by molar-refractivity contribution is 7.54. The van der Waals surface area contributed by atoms with Crippen molar-refractivity contribution in [1.82, 2.24) is 30.6 Å². The average molecular weight is 973 g/mol. The number of rotatable bonds is 28. The third kappa shape index (κ3) is 25.3. The Labute approximate surface area is 387 Å². The summed E-state index contributed by atoms with van der Waals surface area (Å²) in [4.78, 5) is 88.3. The van der Waals surface area contributed by atoms with E-state index >= 15 is 0 Å². The number of ketones is 2. The molecule has 2 rings (SSSR count). The molecule has 2 aromatic heterocycles. The van der Waals surface area contributed by atoms with E-state index in [1.807, 2.05) is 0 Å². The first-order valence-corrected chi connectivity index (χ1v) is 25.0. The number of esters is 2. The van der Waals surface area contributed by atoms with Crippen LogP contribution in [0.1, 0.15) is 117 Å². The number of ether oxygens (including phenoxy) is 2. The second-order valence-electron chi connectivity index (χ2n) is 16.8. The third-order valence-corrected chi connectivity index (χ3v) is 12.7. The lowest BCUT2D eigenvalue weighted by molar-refractivity contribution is -0.162. The molecule has 0 spiro atoms. The average Bonchev–Trinajstić information content (AvgIpc) is 3.21. The van der Waals surface area contributed by atoms with Gasteiger partial charge in [-0.15, -0.1) is 0 Å². The first-order chi connectivity index (χ1) is 30.7. The number of anilines is 2. The van der Waals surface area contributed by atoms with Gasteiger partial charge in [-0.25, -0.2) is 19.9 Å². The lowest BCUT2D eigenvalue weighted by Crippen LogP contribution is -2.28. The maximum Gasteiger partial charge on any atom is 0.338 e. The molecule has 0 aliphatic heterocycles. The molecule has 24 heteroatoms. The molecular weight excluding hydrogens is 902 g/mol. The largest absolute Gasteiger partial charge is 0.438 e. The van der Waals surface area contributed by atoms with Crippen LogP contribution in [0, 0.1) is 24.7 Å². The lowest BCUT2D eigenvalue weighted by atomic mass is 9.98. The zero-order valence-corrected chi connectivity index (χ0v) is 41.8. The molecular formula is C42H70N8O14P2. The maximum absolute atomic E-state index is 13.1. The van der Waals surface area contributed by atoms with Crippen molar-refractivity contribution in [3.05, 3.63) is 35.2 Å². The van der Waals surface area contributed by atoms with Gasteiger partial charge in [0.25, 0.3) is 0 Å². The number of aryl methyl sites for hydroxylation is 4. The van der Waals surface area contributed by atoms with Crippen LogP contribution in [0.5, 0.6) is 0 Å². The van der Waals surface area contributed by atoms with Gasteiger partial charge in [0.2, 0.25) is 25.4 Å². The van der Waals surface area contributed by atoms with E-state index in [4.69, 9.17) is 39.0 Å². The molecule has 0 radical (unpaired) electrons. The van der Waals surface area contributed by atoms with Gasteiger partial charge in [0.05, 0.1) is 36.4 Å². The van der Waals surface area contributed by atoms with Gasteiger partial charge in [0.1, 0.15) is 34.9 Å². The number of nitrogens with one attached hydrogen (secondary N) is 2. The molecule has 0 atom stereocenters. The first kappa shape index (κ1) is 59.3. The third-order valence-electron chi connectivity index (χ3n) is 8.82. The Kier molecular flexibility index (Phi) is 26.2. The molecule has 0 saturated carbocycles. The lowest BCUT2D eigenvalue weighted by Gasteiger charge is -2.22. The first-order valence-electron chi connectivity index (χ1n) is 21.6. The number of aromatic nitrogens is 4. The van der Waals surface area contributed by atoms with Crippen LogP contribution in [0.15, 0.2) is 12.4 Å². The maximum atomic E-state index is 13.1. The molecule has 2 aromatic rings. The number of carbonyl (C=O) groups excluding carboxylic acids is 6. The summed E-state index contributed by atoms with van der Waals surface area (Å²) in [5.41, 5.74) is 11.4. The number of amides is 2. The standard InChI is InChI=1S/C25H41N4O9P.C17H29N4O5P/c1-17-28-14-18(21(26)29-17)8-9-19(30)10-11-20(31)27-12-13-39(34,37-15-35-22(32)24(2,3)4)38-16-36-23(33)25(5,6)7;1-4-25-27(24,26-5-2)11-10-19-16(23)9-8-15(22)7-6-14-12-20-13(3)21-17(14)18/h14H,8-13,15-16H2,1-7H3,(H,27,31)(H2,26,28,29);12H,4-11H2,1-3H3,(H,19,23)(H2,18,20,21). The quantitative estimate of drug-likeness (QED) is 0.0488. The Morgan fingerprint density at radius 1 is 0.576 bits per heavy atom. The molecule has 372 valence electrons. The number of nitrogens with zero attached hydrogens (tertiary/aromatic N) is 4. The zero-order chi connectivity index (χ0) is 50.1. The van der Waals surface area contributed by atoms with Crippen molar-refractivity contribution in [3.8, 4) is 0 Å². The molecule has 6 N–H and O–H groups in total. The summed E-state index contributed by atoms with van der Waals surface area (Å²) in [6, 6.07) is 0. The molecule has 66 heavy (non-hydrogen) atoms. The number of hydrogen-bond acceptors (Lipinski definition) is 20. The van der Waals surface area contributed by atoms with Gasteiger partial charge in [0.15, 0.2) is 0 Å². The Balaban J connectivity index is 0.000000705. The highest BCUT2D eigenvalue weighted by atomic mass is 31.2. The van der Waals surface area contributed by atoms with E-state index in [1.165, 1.54) is 0 Å². The summed E-state index contributed by atoms with van der Waals surface area (Å²) in [7, 11) is -7.12. The summed E-state index contributed by atoms with van der Waals surface area (Å²) >= 11 is 0. The highest BCUT2D eigenvalue weighted by Crippen LogP contribution is 2.48. The van der Waals surface area contributed by atoms with Gasteiger partial charge < -0.3 is 40.6 Å². The summed E-state index contributed by atoms with van der Waals surface area (Å²) in [5, 5.41) is 5.19. The Hall–Kier alpha value is -4.72. The van der Waals surface area contributed by atoms with Gasteiger partial charge in [0, 0.05) is 75.1 Å². The molecule has 0 unspecified atom stereocenters. The van der Waals surface area contributed by atoms with Crippen LogP contribution < -0.4 is 22.1 Å². The van der Waals surface area contributed by atoms with Gasteiger partial charge in [-0.3, -0.25) is 46.9 Å². The minimum absolute atomic E-state index is 0.00856. The van der Waals surface area contributed by atoms with Crippen molar-refractivity contribution >= 4 is 62.1 Å². The molecule has 2 amide bonds. The van der Waals surface area contributed by atoms with Crippen LogP contribution >= 0.6 is 15.2 Å². The van der Waals surface area contributed by atoms with Gasteiger partial charge >= 0.3 is 27.1 Å². The smallest absolute Gasteiger partial charge is 0.338 e. The fourth-order valence-corrected chi connectivity index (χ4v) is 7.69. The van der Waals surface area contributed by atoms with Crippen LogP contribution in [0.3, 0.4) is 0 Å². The molecule has 0 fully saturated rings. The van der Waals surface area contributed by atoms with Gasteiger partial charge in [-0.2, -0.15) is 0 Å². The van der Waals surface area contributed by atoms with Crippen molar-refractivity contribution < 1.29 is 65.5 Å². The van der Waals surface area contributed by atoms with Crippen molar-refractivity contribution in [1.29, 1.82) is 0 Å². The Morgan fingerprint density at radius 3 is 1.24 bits per heavy atom. The summed E-state index contributed by atoms with van der Waals surface area (Å²) in [5.74, 6) is -0.235. The minimum atomic E-state index is -3.94. The van der Waals surface area contributed by atoms with Gasteiger partial charge in [-0.05, 0) is 82.1 Å². The van der Waals surface area contributed by atoms with Crippen molar-refractivity contribution in [3.63, 3.8) is 0 Å². The van der Waals surface area contributed by atoms with Crippen LogP contribution in [-0.2, 0) is 78.3 Å². The fourth-order valence-electron chi connectivity index (χ4n) is 5.04. The predicted molar refractivity (Wildman–Crippen MR) is 245 cm³/mol. The number of Topliss-reactive ketones (excluding diaryl/α,β-unsaturated/α-hetero) is 2. The van der Waals surface area contributed by atoms with E-state index in [9.17, 15) is 37.9 Å². The number of hydrogen-bond donors (Lipinski definition) is 4. The number of carbonyl (C=O) groups is 6. The van der Waals surface area contributed by atoms with Gasteiger partial charge in [-0.1, -0.05) is 0 Å². The van der Waals surface area contributed by atoms with Crippen molar-refractivity contribution in [2.24, 2.45) is 10.8 Å². The SMILES string of the molecule is CCOP(=O)(CCNC(=O)CCC(=O)CCc1cnc(C)nc1N)OCC.Cc1ncc(CCC(=O)CCC(=O)NCCP(=O)(OCOC(=O)C(C)(C)C)OCOC(=O)C(C)(C)C)c(N)n1. The summed E-state index contributed by atoms with van der Waals surface area (Å²) < 4.78 is 56.1. The zero-order valence-electron chi connectivity index (χ0n) is 40.0. The van der Waals surface area contributed by atoms with E-state index in [0.717, 1.165) is 5.56 Å². The van der Waals surface area contributed by atoms with E-state index in [-0.39, 0.29) is 94.6 Å². The molecule has 0 aromatic carbocycles. The van der Waals surface area contributed by atoms with Crippen molar-refractivity contribution in [2.45, 2.75) is 121 Å². The van der Waals surface area contributed by atoms with Crippen LogP contribution in [0.4, 0.5) is 11.6 Å². The number of nitrogen functional groups attached to an aromatic ring is 2. The van der Waals surface area contributed by atoms with E-state index < -0.39 is 57.5 Å². The summed E-state index contributed by atoms with van der Waals surface area (Å²) in [6.45, 7) is 16.1. The second kappa shape index (κ2) is 29.1. The predicted octanol–water partition coefficient (Wildman–Crippen LogP) is 5.12. The Morgan fingerprint density at radius 2 is 0.924 bits per heavy atom. The molecule has 0 aliphatic rings. The number of nitrogens with two attached hydrogens (primary N) is 2. The normalized spacial score (nSPS) is 11.8. The van der Waals surface area contributed by atoms with E-state index in [0.29, 0.717) is 41.7 Å². The highest BCUT2D eigenvalue weighted by Gasteiger charge is 2.30. The van der Waals surface area contributed by atoms with E-state index in [2.05, 4.69) is 30.6 Å². The molecule has 0 saturated heterocycles. The second-order valence-corrected chi connectivity index (χ2v) is 21.2. The Bertz CT molecular complexity index is 1980. The summed E-state index contributed by atoms with van der Waals surface area (Å²) in [6.07, 6.45) is 4.41. The fraction of sp³-hybridized carbons (Fsp3) is 0.667. The van der Waals surface area contributed by atoms with Crippen LogP contribution in [0.2, 0.25) is 0 Å². The molecule has 22 nitrogen and oxygen atoms in total. The molecule has 0 aliphatic carbocycles. The van der Waals surface area contributed by atoms with Crippen LogP contribution in [0.25, 0.3) is 0 Å². The van der Waals surface area contributed by atoms with E-state index in [1.54, 1.807) is 81.6 Å². The minimum Gasteiger partial charge on any atom is -0.438 e. The monoisotopic (exact) mass is 972 g/mol. The molecule has 2 heterocycles. The topological polar surface area (TPSA) is 320 Å². The van der Waals surface area contributed by atoms with Crippen LogP contribution in [-0.4, -0.2) is 107 Å². The molecule has 0 bridgehead atoms. The van der Waals surface area contributed by atoms with Crippen molar-refractivity contribution in [2.75, 3.05) is 63.7 Å².